The van der Waals surface area contributed by atoms with E-state index in [0.717, 1.165) is 10.6 Å². The second-order valence-electron chi connectivity index (χ2n) is 3.31. The van der Waals surface area contributed by atoms with Crippen LogP contribution >= 0.6 is 11.3 Å². The highest BCUT2D eigenvalue weighted by Crippen LogP contribution is 2.26. The van der Waals surface area contributed by atoms with E-state index < -0.39 is 0 Å². The Morgan fingerprint density at radius 2 is 2.12 bits per heavy atom. The topological polar surface area (TPSA) is 56.9 Å². The van der Waals surface area contributed by atoms with Crippen molar-refractivity contribution < 1.29 is 5.11 Å². The molecule has 1 N–H and O–H groups in total. The molecule has 0 aliphatic carbocycles. The summed E-state index contributed by atoms with van der Waals surface area (Å²) in [6, 6.07) is 11.8. The molecule has 1 aromatic heterocycles. The molecule has 0 saturated heterocycles. The van der Waals surface area contributed by atoms with Gasteiger partial charge in [0.05, 0.1) is 18.4 Å². The Labute approximate surface area is 97.6 Å². The maximum Gasteiger partial charge on any atom is 0.123 e. The van der Waals surface area contributed by atoms with Gasteiger partial charge in [-0.15, -0.1) is 11.3 Å². The largest absolute Gasteiger partial charge is 0.390 e. The molecule has 80 valence electrons. The summed E-state index contributed by atoms with van der Waals surface area (Å²) >= 11 is 1.41. The van der Waals surface area contributed by atoms with Crippen LogP contribution in [0.4, 0.5) is 0 Å². The van der Waals surface area contributed by atoms with E-state index in [0.29, 0.717) is 5.69 Å². The van der Waals surface area contributed by atoms with Crippen molar-refractivity contribution in [1.82, 2.24) is 4.98 Å². The van der Waals surface area contributed by atoms with Crippen LogP contribution in [0.5, 0.6) is 0 Å². The minimum Gasteiger partial charge on any atom is -0.390 e. The Balaban J connectivity index is 2.34. The van der Waals surface area contributed by atoms with Gasteiger partial charge in [-0.3, -0.25) is 0 Å². The number of hydrogen-bond acceptors (Lipinski definition) is 4. The maximum absolute atomic E-state index is 9.17. The van der Waals surface area contributed by atoms with Gasteiger partial charge in [0, 0.05) is 5.38 Å². The highest BCUT2D eigenvalue weighted by molar-refractivity contribution is 7.09. The first-order valence-corrected chi connectivity index (χ1v) is 5.73. The van der Waals surface area contributed by atoms with E-state index in [1.807, 2.05) is 30.3 Å². The average Bonchev–Trinajstić information content (AvgIpc) is 2.80. The van der Waals surface area contributed by atoms with E-state index in [1.165, 1.54) is 11.3 Å². The molecule has 1 unspecified atom stereocenters. The maximum atomic E-state index is 9.17. The molecule has 0 aliphatic rings. The van der Waals surface area contributed by atoms with Crippen LogP contribution in [-0.2, 0) is 6.61 Å². The summed E-state index contributed by atoms with van der Waals surface area (Å²) in [4.78, 5) is 4.22. The highest BCUT2D eigenvalue weighted by atomic mass is 32.1. The Kier molecular flexibility index (Phi) is 3.30. The summed E-state index contributed by atoms with van der Waals surface area (Å²) in [5.41, 5.74) is 1.56. The van der Waals surface area contributed by atoms with Crippen LogP contribution in [0.25, 0.3) is 0 Å². The van der Waals surface area contributed by atoms with E-state index in [9.17, 15) is 0 Å². The Morgan fingerprint density at radius 3 is 2.69 bits per heavy atom. The van der Waals surface area contributed by atoms with Crippen LogP contribution in [0.2, 0.25) is 0 Å². The number of aliphatic hydroxyl groups is 1. The molecule has 0 fully saturated rings. The predicted octanol–water partition coefficient (Wildman–Crippen LogP) is 2.29. The average molecular weight is 230 g/mol. The lowest BCUT2D eigenvalue weighted by molar-refractivity contribution is 0.277. The summed E-state index contributed by atoms with van der Waals surface area (Å²) in [5.74, 6) is -0.341. The number of aromatic nitrogens is 1. The van der Waals surface area contributed by atoms with Crippen molar-refractivity contribution in [3.8, 4) is 6.07 Å². The summed E-state index contributed by atoms with van der Waals surface area (Å²) in [7, 11) is 0. The zero-order chi connectivity index (χ0) is 11.4. The molecule has 2 rings (SSSR count). The molecule has 0 aliphatic heterocycles. The first-order chi connectivity index (χ1) is 7.85. The number of nitrogens with zero attached hydrogens (tertiary/aromatic N) is 2. The van der Waals surface area contributed by atoms with Crippen LogP contribution in [-0.4, -0.2) is 10.1 Å². The number of thiazole rings is 1. The molecular formula is C12H10N2OS. The minimum atomic E-state index is -0.341. The molecule has 0 bridgehead atoms. The summed E-state index contributed by atoms with van der Waals surface area (Å²) < 4.78 is 0. The number of rotatable bonds is 3. The first kappa shape index (κ1) is 10.8. The first-order valence-electron chi connectivity index (χ1n) is 4.85. The summed E-state index contributed by atoms with van der Waals surface area (Å²) in [6.07, 6.45) is 0. The van der Waals surface area contributed by atoms with Crippen molar-refractivity contribution in [2.45, 2.75) is 12.5 Å². The lowest BCUT2D eigenvalue weighted by Gasteiger charge is -2.04. The Hall–Kier alpha value is -1.70. The van der Waals surface area contributed by atoms with E-state index >= 15 is 0 Å². The van der Waals surface area contributed by atoms with Gasteiger partial charge >= 0.3 is 0 Å². The highest BCUT2D eigenvalue weighted by Gasteiger charge is 2.16. The van der Waals surface area contributed by atoms with Gasteiger partial charge in [0.15, 0.2) is 0 Å². The van der Waals surface area contributed by atoms with Crippen molar-refractivity contribution in [2.75, 3.05) is 0 Å². The van der Waals surface area contributed by atoms with Crippen molar-refractivity contribution in [1.29, 1.82) is 5.26 Å². The van der Waals surface area contributed by atoms with E-state index in [-0.39, 0.29) is 12.5 Å². The minimum absolute atomic E-state index is 0.0799. The number of hydrogen-bond donors (Lipinski definition) is 1. The van der Waals surface area contributed by atoms with Crippen LogP contribution in [0.15, 0.2) is 35.7 Å². The molecule has 0 radical (unpaired) electrons. The Bertz CT molecular complexity index is 501. The van der Waals surface area contributed by atoms with Crippen molar-refractivity contribution >= 4 is 11.3 Å². The molecule has 0 spiro atoms. The van der Waals surface area contributed by atoms with Crippen molar-refractivity contribution in [2.24, 2.45) is 0 Å². The SMILES string of the molecule is N#CC(c1ccccc1)c1nc(CO)cs1. The van der Waals surface area contributed by atoms with Gasteiger partial charge in [-0.25, -0.2) is 4.98 Å². The zero-order valence-electron chi connectivity index (χ0n) is 8.50. The molecule has 4 heteroatoms. The molecule has 0 saturated carbocycles. The van der Waals surface area contributed by atoms with Gasteiger partial charge in [-0.1, -0.05) is 30.3 Å². The fourth-order valence-electron chi connectivity index (χ4n) is 1.45. The third kappa shape index (κ3) is 2.11. The van der Waals surface area contributed by atoms with Crippen molar-refractivity contribution in [3.05, 3.63) is 52.0 Å². The van der Waals surface area contributed by atoms with E-state index in [1.54, 1.807) is 5.38 Å². The third-order valence-electron chi connectivity index (χ3n) is 2.24. The lowest BCUT2D eigenvalue weighted by atomic mass is 10.0. The molecule has 0 amide bonds. The quantitative estimate of drug-likeness (QED) is 0.880. The Morgan fingerprint density at radius 1 is 1.38 bits per heavy atom. The monoisotopic (exact) mass is 230 g/mol. The molecule has 3 nitrogen and oxygen atoms in total. The summed E-state index contributed by atoms with van der Waals surface area (Å²) in [5, 5.41) is 20.6. The van der Waals surface area contributed by atoms with Crippen LogP contribution < -0.4 is 0 Å². The van der Waals surface area contributed by atoms with Crippen LogP contribution in [0, 0.1) is 11.3 Å². The van der Waals surface area contributed by atoms with Crippen molar-refractivity contribution in [3.63, 3.8) is 0 Å². The predicted molar refractivity (Wildman–Crippen MR) is 61.9 cm³/mol. The molecule has 1 atom stereocenters. The fourth-order valence-corrected chi connectivity index (χ4v) is 2.32. The normalized spacial score (nSPS) is 12.0. The van der Waals surface area contributed by atoms with Gasteiger partial charge in [0.1, 0.15) is 10.9 Å². The smallest absolute Gasteiger partial charge is 0.123 e. The summed E-state index contributed by atoms with van der Waals surface area (Å²) in [6.45, 7) is -0.0799. The molecular weight excluding hydrogens is 220 g/mol. The van der Waals surface area contributed by atoms with E-state index in [4.69, 9.17) is 10.4 Å². The second kappa shape index (κ2) is 4.88. The van der Waals surface area contributed by atoms with Gasteiger partial charge in [-0.2, -0.15) is 5.26 Å². The zero-order valence-corrected chi connectivity index (χ0v) is 9.31. The second-order valence-corrected chi connectivity index (χ2v) is 4.20. The molecule has 1 heterocycles. The number of aliphatic hydroxyl groups excluding tert-OH is 1. The third-order valence-corrected chi connectivity index (χ3v) is 3.20. The fraction of sp³-hybridized carbons (Fsp3) is 0.167. The van der Waals surface area contributed by atoms with E-state index in [2.05, 4.69) is 11.1 Å². The van der Waals surface area contributed by atoms with Gasteiger partial charge in [0.2, 0.25) is 0 Å². The molecule has 16 heavy (non-hydrogen) atoms. The lowest BCUT2D eigenvalue weighted by Crippen LogP contribution is -1.97. The van der Waals surface area contributed by atoms with Crippen LogP contribution in [0.1, 0.15) is 22.2 Å². The number of nitriles is 1. The number of benzene rings is 1. The molecule has 1 aromatic carbocycles. The van der Waals surface area contributed by atoms with Gasteiger partial charge in [-0.05, 0) is 5.56 Å². The van der Waals surface area contributed by atoms with Gasteiger partial charge < -0.3 is 5.11 Å². The molecule has 2 aromatic rings. The standard InChI is InChI=1S/C12H10N2OS/c13-6-11(9-4-2-1-3-5-9)12-14-10(7-15)8-16-12/h1-5,8,11,15H,7H2. The van der Waals surface area contributed by atoms with Crippen LogP contribution in [0.3, 0.4) is 0 Å². The van der Waals surface area contributed by atoms with Gasteiger partial charge in [0.25, 0.3) is 0 Å².